The van der Waals surface area contributed by atoms with Crippen molar-refractivity contribution in [3.8, 4) is 5.75 Å². The number of benzene rings is 1. The quantitative estimate of drug-likeness (QED) is 0.901. The smallest absolute Gasteiger partial charge is 0.258 e. The molecule has 0 radical (unpaired) electrons. The maximum absolute atomic E-state index is 12.0. The van der Waals surface area contributed by atoms with Crippen LogP contribution in [0.2, 0.25) is 5.02 Å². The first-order chi connectivity index (χ1) is 10.1. The van der Waals surface area contributed by atoms with Crippen molar-refractivity contribution >= 4 is 17.5 Å². The van der Waals surface area contributed by atoms with Gasteiger partial charge in [-0.15, -0.1) is 0 Å². The van der Waals surface area contributed by atoms with E-state index in [1.807, 2.05) is 0 Å². The Hall–Kier alpha value is -1.22. The molecule has 4 heteroatoms. The highest BCUT2D eigenvalue weighted by molar-refractivity contribution is 6.30. The first-order valence-electron chi connectivity index (χ1n) is 7.79. The largest absolute Gasteiger partial charge is 0.484 e. The van der Waals surface area contributed by atoms with Crippen molar-refractivity contribution in [1.82, 2.24) is 5.32 Å². The number of hydrogen-bond donors (Lipinski definition) is 1. The molecular formula is C17H22ClNO2. The molecule has 0 aromatic heterocycles. The van der Waals surface area contributed by atoms with Gasteiger partial charge in [-0.05, 0) is 68.2 Å². The number of hydrogen-bond acceptors (Lipinski definition) is 2. The third kappa shape index (κ3) is 3.52. The maximum Gasteiger partial charge on any atom is 0.258 e. The normalized spacial score (nSPS) is 28.4. The second-order valence-electron chi connectivity index (χ2n) is 6.44. The second-order valence-corrected chi connectivity index (χ2v) is 6.87. The average molecular weight is 308 g/mol. The molecular weight excluding hydrogens is 286 g/mol. The molecule has 0 spiro atoms. The van der Waals surface area contributed by atoms with E-state index in [-0.39, 0.29) is 18.6 Å². The van der Waals surface area contributed by atoms with Gasteiger partial charge in [0.15, 0.2) is 6.61 Å². The van der Waals surface area contributed by atoms with E-state index in [0.29, 0.717) is 16.7 Å². The van der Waals surface area contributed by atoms with Crippen LogP contribution in [0.3, 0.4) is 0 Å². The molecule has 0 aliphatic heterocycles. The van der Waals surface area contributed by atoms with E-state index < -0.39 is 0 Å². The lowest BCUT2D eigenvalue weighted by Gasteiger charge is -2.28. The topological polar surface area (TPSA) is 38.3 Å². The van der Waals surface area contributed by atoms with Crippen molar-refractivity contribution in [2.45, 2.75) is 38.6 Å². The number of nitrogens with one attached hydrogen (secondary N) is 1. The maximum atomic E-state index is 12.0. The highest BCUT2D eigenvalue weighted by atomic mass is 35.5. The predicted molar refractivity (Wildman–Crippen MR) is 83.5 cm³/mol. The van der Waals surface area contributed by atoms with Crippen LogP contribution in [-0.2, 0) is 4.79 Å². The van der Waals surface area contributed by atoms with Crippen molar-refractivity contribution in [2.75, 3.05) is 6.61 Å². The summed E-state index contributed by atoms with van der Waals surface area (Å²) in [5.41, 5.74) is 0. The summed E-state index contributed by atoms with van der Waals surface area (Å²) in [6.07, 6.45) is 5.38. The Bertz CT molecular complexity index is 502. The fourth-order valence-electron chi connectivity index (χ4n) is 3.99. The monoisotopic (exact) mass is 307 g/mol. The molecule has 1 N–H and O–H groups in total. The molecule has 2 aliphatic carbocycles. The van der Waals surface area contributed by atoms with Crippen LogP contribution in [0.1, 0.15) is 32.6 Å². The van der Waals surface area contributed by atoms with Gasteiger partial charge in [0, 0.05) is 11.1 Å². The Morgan fingerprint density at radius 3 is 2.71 bits per heavy atom. The molecule has 114 valence electrons. The standard InChI is InChI=1S/C17H22ClNO2/c1-11(16-9-12-2-3-13(16)8-12)19-17(20)10-21-15-6-4-14(18)5-7-15/h4-7,11-13,16H,2-3,8-10H2,1H3,(H,19,20)/t11-,12-,13-,16+/m1/s1. The van der Waals surface area contributed by atoms with Crippen LogP contribution in [0.5, 0.6) is 5.75 Å². The summed E-state index contributed by atoms with van der Waals surface area (Å²) in [7, 11) is 0. The van der Waals surface area contributed by atoms with E-state index in [9.17, 15) is 4.79 Å². The van der Waals surface area contributed by atoms with Gasteiger partial charge >= 0.3 is 0 Å². The Balaban J connectivity index is 1.44. The summed E-state index contributed by atoms with van der Waals surface area (Å²) in [4.78, 5) is 12.0. The lowest BCUT2D eigenvalue weighted by molar-refractivity contribution is -0.124. The van der Waals surface area contributed by atoms with Crippen molar-refractivity contribution in [2.24, 2.45) is 17.8 Å². The van der Waals surface area contributed by atoms with E-state index >= 15 is 0 Å². The summed E-state index contributed by atoms with van der Waals surface area (Å²) in [6.45, 7) is 2.19. The van der Waals surface area contributed by atoms with Gasteiger partial charge in [-0.25, -0.2) is 0 Å². The van der Waals surface area contributed by atoms with Crippen LogP contribution in [0.4, 0.5) is 0 Å². The molecule has 0 unspecified atom stereocenters. The van der Waals surface area contributed by atoms with Gasteiger partial charge in [0.1, 0.15) is 5.75 Å². The predicted octanol–water partition coefficient (Wildman–Crippen LogP) is 3.66. The van der Waals surface area contributed by atoms with E-state index in [4.69, 9.17) is 16.3 Å². The Morgan fingerprint density at radius 2 is 2.10 bits per heavy atom. The van der Waals surface area contributed by atoms with Crippen LogP contribution in [0.25, 0.3) is 0 Å². The third-order valence-electron chi connectivity index (χ3n) is 5.01. The van der Waals surface area contributed by atoms with E-state index in [2.05, 4.69) is 12.2 Å². The molecule has 2 aliphatic rings. The summed E-state index contributed by atoms with van der Waals surface area (Å²) in [5.74, 6) is 3.01. The first kappa shape index (κ1) is 14.7. The van der Waals surface area contributed by atoms with Gasteiger partial charge in [-0.1, -0.05) is 18.0 Å². The third-order valence-corrected chi connectivity index (χ3v) is 5.26. The molecule has 3 rings (SSSR count). The summed E-state index contributed by atoms with van der Waals surface area (Å²) in [5, 5.41) is 3.76. The average Bonchev–Trinajstić information content (AvgIpc) is 3.09. The summed E-state index contributed by atoms with van der Waals surface area (Å²) >= 11 is 5.81. The van der Waals surface area contributed by atoms with Crippen molar-refractivity contribution in [1.29, 1.82) is 0 Å². The molecule has 2 bridgehead atoms. The molecule has 21 heavy (non-hydrogen) atoms. The van der Waals surface area contributed by atoms with E-state index in [1.54, 1.807) is 24.3 Å². The lowest BCUT2D eigenvalue weighted by atomic mass is 9.84. The second kappa shape index (κ2) is 6.27. The lowest BCUT2D eigenvalue weighted by Crippen LogP contribution is -2.42. The minimum atomic E-state index is -0.0415. The van der Waals surface area contributed by atoms with Gasteiger partial charge in [-0.3, -0.25) is 4.79 Å². The van der Waals surface area contributed by atoms with Crippen molar-refractivity contribution in [3.63, 3.8) is 0 Å². The Labute approximate surface area is 131 Å². The zero-order valence-electron chi connectivity index (χ0n) is 12.3. The van der Waals surface area contributed by atoms with Gasteiger partial charge in [0.05, 0.1) is 0 Å². The molecule has 1 aromatic rings. The minimum Gasteiger partial charge on any atom is -0.484 e. The number of fused-ring (bicyclic) bond motifs is 2. The number of halogens is 1. The van der Waals surface area contributed by atoms with E-state index in [0.717, 1.165) is 11.8 Å². The number of ether oxygens (including phenoxy) is 1. The fraction of sp³-hybridized carbons (Fsp3) is 0.588. The van der Waals surface area contributed by atoms with Crippen LogP contribution >= 0.6 is 11.6 Å². The molecule has 2 fully saturated rings. The first-order valence-corrected chi connectivity index (χ1v) is 8.17. The summed E-state index contributed by atoms with van der Waals surface area (Å²) in [6, 6.07) is 7.31. The van der Waals surface area contributed by atoms with Crippen molar-refractivity contribution < 1.29 is 9.53 Å². The van der Waals surface area contributed by atoms with Crippen LogP contribution in [0, 0.1) is 17.8 Å². The number of amides is 1. The molecule has 1 amide bonds. The molecule has 2 saturated carbocycles. The zero-order chi connectivity index (χ0) is 14.8. The molecule has 1 aromatic carbocycles. The number of carbonyl (C=O) groups excluding carboxylic acids is 1. The Kier molecular flexibility index (Phi) is 4.39. The van der Waals surface area contributed by atoms with Gasteiger partial charge in [0.25, 0.3) is 5.91 Å². The highest BCUT2D eigenvalue weighted by Gasteiger charge is 2.42. The minimum absolute atomic E-state index is 0.0415. The Morgan fingerprint density at radius 1 is 1.33 bits per heavy atom. The molecule has 0 saturated heterocycles. The highest BCUT2D eigenvalue weighted by Crippen LogP contribution is 2.49. The van der Waals surface area contributed by atoms with Crippen LogP contribution < -0.4 is 10.1 Å². The van der Waals surface area contributed by atoms with Crippen molar-refractivity contribution in [3.05, 3.63) is 29.3 Å². The number of rotatable bonds is 5. The number of carbonyl (C=O) groups is 1. The molecule has 3 nitrogen and oxygen atoms in total. The van der Waals surface area contributed by atoms with E-state index in [1.165, 1.54) is 25.7 Å². The summed E-state index contributed by atoms with van der Waals surface area (Å²) < 4.78 is 5.48. The van der Waals surface area contributed by atoms with Crippen LogP contribution in [0.15, 0.2) is 24.3 Å². The SMILES string of the molecule is C[C@@H](NC(=O)COc1ccc(Cl)cc1)[C@@H]1C[C@@H]2CC[C@@H]1C2. The zero-order valence-corrected chi connectivity index (χ0v) is 13.1. The van der Waals surface area contributed by atoms with Crippen LogP contribution in [-0.4, -0.2) is 18.6 Å². The van der Waals surface area contributed by atoms with Gasteiger partial charge in [-0.2, -0.15) is 0 Å². The van der Waals surface area contributed by atoms with Gasteiger partial charge in [0.2, 0.25) is 0 Å². The fourth-order valence-corrected chi connectivity index (χ4v) is 4.11. The molecule has 4 atom stereocenters. The molecule has 0 heterocycles. The van der Waals surface area contributed by atoms with Gasteiger partial charge < -0.3 is 10.1 Å².